The Morgan fingerprint density at radius 2 is 1.70 bits per heavy atom. The minimum Gasteiger partial charge on any atom is -0.484 e. The third kappa shape index (κ3) is 6.18. The number of carbonyl (C=O) groups excluding carboxylic acids is 1. The van der Waals surface area contributed by atoms with Gasteiger partial charge in [0.05, 0.1) is 6.04 Å². The third-order valence-corrected chi connectivity index (χ3v) is 5.45. The molecule has 0 aromatic heterocycles. The Balaban J connectivity index is 1.61. The Morgan fingerprint density at radius 1 is 1.07 bits per heavy atom. The van der Waals surface area contributed by atoms with Crippen molar-refractivity contribution in [2.75, 3.05) is 65.4 Å². The van der Waals surface area contributed by atoms with Crippen LogP contribution < -0.4 is 15.0 Å². The Bertz CT molecular complexity index is 803. The molecule has 1 heterocycles. The van der Waals surface area contributed by atoms with Crippen LogP contribution >= 0.6 is 0 Å². The Hall–Kier alpha value is -2.64. The van der Waals surface area contributed by atoms with E-state index in [1.165, 1.54) is 29.8 Å². The van der Waals surface area contributed by atoms with E-state index in [1.54, 1.807) is 0 Å². The Kier molecular flexibility index (Phi) is 7.65. The number of halogens is 1. The molecule has 162 valence electrons. The number of likely N-dealkylation sites (N-methyl/N-ethyl adjacent to an activating group) is 1. The van der Waals surface area contributed by atoms with Gasteiger partial charge in [-0.15, -0.1) is 0 Å². The first-order chi connectivity index (χ1) is 14.4. The van der Waals surface area contributed by atoms with Gasteiger partial charge >= 0.3 is 0 Å². The van der Waals surface area contributed by atoms with Crippen molar-refractivity contribution >= 4 is 11.6 Å². The largest absolute Gasteiger partial charge is 0.484 e. The number of ether oxygens (including phenoxy) is 1. The summed E-state index contributed by atoms with van der Waals surface area (Å²) in [5.74, 6) is -0.0492. The van der Waals surface area contributed by atoms with E-state index in [4.69, 9.17) is 4.74 Å². The van der Waals surface area contributed by atoms with Crippen molar-refractivity contribution in [1.29, 1.82) is 0 Å². The van der Waals surface area contributed by atoms with E-state index >= 15 is 0 Å². The number of anilines is 1. The molecule has 1 unspecified atom stereocenters. The number of nitrogens with zero attached hydrogens (tertiary/aromatic N) is 3. The number of rotatable bonds is 8. The molecular formula is C23H31FN4O2. The second kappa shape index (κ2) is 10.4. The lowest BCUT2D eigenvalue weighted by molar-refractivity contribution is -0.123. The smallest absolute Gasteiger partial charge is 0.258 e. The van der Waals surface area contributed by atoms with Crippen LogP contribution in [0.15, 0.2) is 48.5 Å². The summed E-state index contributed by atoms with van der Waals surface area (Å²) >= 11 is 0. The van der Waals surface area contributed by atoms with Crippen LogP contribution in [0, 0.1) is 5.82 Å². The average Bonchev–Trinajstić information content (AvgIpc) is 2.75. The van der Waals surface area contributed by atoms with Crippen LogP contribution in [0.3, 0.4) is 0 Å². The summed E-state index contributed by atoms with van der Waals surface area (Å²) < 4.78 is 18.4. The van der Waals surface area contributed by atoms with Crippen molar-refractivity contribution in [2.45, 2.75) is 6.04 Å². The van der Waals surface area contributed by atoms with Gasteiger partial charge in [0.15, 0.2) is 6.61 Å². The molecular weight excluding hydrogens is 383 g/mol. The fourth-order valence-electron chi connectivity index (χ4n) is 3.53. The highest BCUT2D eigenvalue weighted by molar-refractivity contribution is 5.77. The quantitative estimate of drug-likeness (QED) is 0.719. The fourth-order valence-corrected chi connectivity index (χ4v) is 3.53. The van der Waals surface area contributed by atoms with Crippen LogP contribution in [0.5, 0.6) is 5.75 Å². The lowest BCUT2D eigenvalue weighted by atomic mass is 10.0. The molecule has 1 fully saturated rings. The Morgan fingerprint density at radius 3 is 2.30 bits per heavy atom. The number of hydrogen-bond acceptors (Lipinski definition) is 5. The van der Waals surface area contributed by atoms with Gasteiger partial charge in [0.2, 0.25) is 0 Å². The van der Waals surface area contributed by atoms with Crippen LogP contribution in [-0.4, -0.2) is 76.2 Å². The third-order valence-electron chi connectivity index (χ3n) is 5.45. The normalized spacial score (nSPS) is 16.1. The zero-order valence-corrected chi connectivity index (χ0v) is 18.0. The zero-order chi connectivity index (χ0) is 21.5. The molecule has 0 spiro atoms. The number of benzene rings is 2. The first-order valence-corrected chi connectivity index (χ1v) is 10.3. The zero-order valence-electron chi connectivity index (χ0n) is 18.0. The standard InChI is InChI=1S/C23H31FN4O2/c1-26(2)20-8-4-18(5-9-20)22(28-14-12-27(3)13-15-28)16-25-23(29)17-30-21-10-6-19(24)7-11-21/h4-11,22H,12-17H2,1-3H3,(H,25,29). The van der Waals surface area contributed by atoms with Crippen molar-refractivity contribution < 1.29 is 13.9 Å². The molecule has 1 aliphatic heterocycles. The number of nitrogens with one attached hydrogen (secondary N) is 1. The lowest BCUT2D eigenvalue weighted by Crippen LogP contribution is -2.48. The summed E-state index contributed by atoms with van der Waals surface area (Å²) in [5.41, 5.74) is 2.33. The number of piperazine rings is 1. The molecule has 1 saturated heterocycles. The fraction of sp³-hybridized carbons (Fsp3) is 0.435. The van der Waals surface area contributed by atoms with Crippen LogP contribution in [0.25, 0.3) is 0 Å². The topological polar surface area (TPSA) is 48.1 Å². The molecule has 1 aliphatic rings. The maximum absolute atomic E-state index is 13.0. The molecule has 30 heavy (non-hydrogen) atoms. The summed E-state index contributed by atoms with van der Waals surface area (Å²) in [4.78, 5) is 19.2. The highest BCUT2D eigenvalue weighted by atomic mass is 19.1. The summed E-state index contributed by atoms with van der Waals surface area (Å²) in [6.45, 7) is 4.34. The van der Waals surface area contributed by atoms with E-state index in [1.807, 2.05) is 14.1 Å². The first-order valence-electron chi connectivity index (χ1n) is 10.3. The highest BCUT2D eigenvalue weighted by Gasteiger charge is 2.24. The van der Waals surface area contributed by atoms with E-state index in [0.717, 1.165) is 31.9 Å². The van der Waals surface area contributed by atoms with Gasteiger partial charge in [-0.3, -0.25) is 9.69 Å². The number of hydrogen-bond donors (Lipinski definition) is 1. The van der Waals surface area contributed by atoms with E-state index in [0.29, 0.717) is 12.3 Å². The van der Waals surface area contributed by atoms with Crippen molar-refractivity contribution in [1.82, 2.24) is 15.1 Å². The summed E-state index contributed by atoms with van der Waals surface area (Å²) in [7, 11) is 6.18. The van der Waals surface area contributed by atoms with Crippen LogP contribution in [0.1, 0.15) is 11.6 Å². The van der Waals surface area contributed by atoms with Gasteiger partial charge in [-0.1, -0.05) is 12.1 Å². The van der Waals surface area contributed by atoms with Crippen molar-refractivity contribution in [3.05, 3.63) is 59.9 Å². The van der Waals surface area contributed by atoms with Crippen LogP contribution in [-0.2, 0) is 4.79 Å². The molecule has 0 saturated carbocycles. The highest BCUT2D eigenvalue weighted by Crippen LogP contribution is 2.24. The van der Waals surface area contributed by atoms with Gasteiger partial charge < -0.3 is 19.9 Å². The van der Waals surface area contributed by atoms with Crippen LogP contribution in [0.4, 0.5) is 10.1 Å². The predicted octanol–water partition coefficient (Wildman–Crippen LogP) is 2.38. The molecule has 6 nitrogen and oxygen atoms in total. The summed E-state index contributed by atoms with van der Waals surface area (Å²) in [6.07, 6.45) is 0. The van der Waals surface area contributed by atoms with Crippen molar-refractivity contribution in [3.63, 3.8) is 0 Å². The summed E-state index contributed by atoms with van der Waals surface area (Å²) in [6, 6.07) is 14.3. The molecule has 0 radical (unpaired) electrons. The van der Waals surface area contributed by atoms with Crippen molar-refractivity contribution in [2.24, 2.45) is 0 Å². The predicted molar refractivity (Wildman–Crippen MR) is 117 cm³/mol. The molecule has 2 aromatic rings. The Labute approximate surface area is 178 Å². The first kappa shape index (κ1) is 22.1. The van der Waals surface area contributed by atoms with E-state index in [9.17, 15) is 9.18 Å². The molecule has 1 amide bonds. The monoisotopic (exact) mass is 414 g/mol. The maximum atomic E-state index is 13.0. The second-order valence-electron chi connectivity index (χ2n) is 7.89. The van der Waals surface area contributed by atoms with Gasteiger partial charge in [-0.25, -0.2) is 4.39 Å². The molecule has 2 aromatic carbocycles. The van der Waals surface area contributed by atoms with Gasteiger partial charge in [0.1, 0.15) is 11.6 Å². The molecule has 3 rings (SSSR count). The molecule has 1 atom stereocenters. The van der Waals surface area contributed by atoms with Gasteiger partial charge in [0, 0.05) is 52.5 Å². The van der Waals surface area contributed by atoms with Gasteiger partial charge in [-0.05, 0) is 49.0 Å². The second-order valence-corrected chi connectivity index (χ2v) is 7.89. The minimum absolute atomic E-state index is 0.0966. The summed E-state index contributed by atoms with van der Waals surface area (Å²) in [5, 5.41) is 3.01. The maximum Gasteiger partial charge on any atom is 0.258 e. The lowest BCUT2D eigenvalue weighted by Gasteiger charge is -2.38. The van der Waals surface area contributed by atoms with E-state index in [-0.39, 0.29) is 24.4 Å². The SMILES string of the molecule is CN1CCN(C(CNC(=O)COc2ccc(F)cc2)c2ccc(N(C)C)cc2)CC1. The van der Waals surface area contributed by atoms with Gasteiger partial charge in [0.25, 0.3) is 5.91 Å². The average molecular weight is 415 g/mol. The molecule has 0 aliphatic carbocycles. The van der Waals surface area contributed by atoms with Gasteiger partial charge in [-0.2, -0.15) is 0 Å². The van der Waals surface area contributed by atoms with Crippen molar-refractivity contribution in [3.8, 4) is 5.75 Å². The van der Waals surface area contributed by atoms with Crippen LogP contribution in [0.2, 0.25) is 0 Å². The van der Waals surface area contributed by atoms with E-state index in [2.05, 4.69) is 51.3 Å². The van der Waals surface area contributed by atoms with E-state index < -0.39 is 0 Å². The molecule has 7 heteroatoms. The molecule has 0 bridgehead atoms. The number of amides is 1. The molecule has 1 N–H and O–H groups in total. The number of carbonyl (C=O) groups is 1. The minimum atomic E-state index is -0.331.